The Hall–Kier alpha value is -1.49. The van der Waals surface area contributed by atoms with Crippen molar-refractivity contribution in [2.45, 2.75) is 12.5 Å². The van der Waals surface area contributed by atoms with Gasteiger partial charge in [0.25, 0.3) is 5.91 Å². The van der Waals surface area contributed by atoms with Crippen molar-refractivity contribution in [3.63, 3.8) is 0 Å². The molecule has 0 saturated carbocycles. The van der Waals surface area contributed by atoms with E-state index in [4.69, 9.17) is 0 Å². The Morgan fingerprint density at radius 2 is 2.22 bits per heavy atom. The molecular formula is C13H15N3OS. The molecule has 1 aromatic rings. The van der Waals surface area contributed by atoms with E-state index in [-0.39, 0.29) is 11.9 Å². The third-order valence-electron chi connectivity index (χ3n) is 3.26. The molecule has 2 aliphatic heterocycles. The van der Waals surface area contributed by atoms with Crippen LogP contribution in [0.15, 0.2) is 35.4 Å². The first kappa shape index (κ1) is 11.6. The molecule has 3 rings (SSSR count). The Morgan fingerprint density at radius 3 is 3.06 bits per heavy atom. The van der Waals surface area contributed by atoms with Gasteiger partial charge in [-0.3, -0.25) is 4.79 Å². The minimum absolute atomic E-state index is 0.0269. The Kier molecular flexibility index (Phi) is 3.23. The summed E-state index contributed by atoms with van der Waals surface area (Å²) in [5.74, 6) is 2.93. The van der Waals surface area contributed by atoms with Crippen molar-refractivity contribution >= 4 is 23.5 Å². The Bertz CT molecular complexity index is 474. The van der Waals surface area contributed by atoms with Crippen LogP contribution in [0.2, 0.25) is 0 Å². The quantitative estimate of drug-likeness (QED) is 0.867. The summed E-state index contributed by atoms with van der Waals surface area (Å²) in [5, 5.41) is 4.22. The molecule has 1 fully saturated rings. The molecule has 0 spiro atoms. The standard InChI is InChI=1S/C13H15N3OS/c17-13-11-9-18-7-6-16(11)12(14-15-13)8-10-4-2-1-3-5-10/h1-5,11H,6-9H2,(H,15,17). The fourth-order valence-corrected chi connectivity index (χ4v) is 3.35. The van der Waals surface area contributed by atoms with E-state index < -0.39 is 0 Å². The molecule has 0 aromatic heterocycles. The molecule has 1 N–H and O–H groups in total. The highest BCUT2D eigenvalue weighted by Gasteiger charge is 2.34. The second-order valence-electron chi connectivity index (χ2n) is 4.45. The maximum absolute atomic E-state index is 11.8. The van der Waals surface area contributed by atoms with Gasteiger partial charge in [-0.25, -0.2) is 5.43 Å². The van der Waals surface area contributed by atoms with Crippen molar-refractivity contribution in [3.05, 3.63) is 35.9 Å². The molecule has 1 atom stereocenters. The largest absolute Gasteiger partial charge is 0.345 e. The molecule has 4 nitrogen and oxygen atoms in total. The van der Waals surface area contributed by atoms with Crippen molar-refractivity contribution in [2.75, 3.05) is 18.1 Å². The second-order valence-corrected chi connectivity index (χ2v) is 5.60. The minimum Gasteiger partial charge on any atom is -0.345 e. The summed E-state index contributed by atoms with van der Waals surface area (Å²) >= 11 is 1.84. The van der Waals surface area contributed by atoms with Crippen LogP contribution in [0.3, 0.4) is 0 Å². The molecule has 0 aliphatic carbocycles. The van der Waals surface area contributed by atoms with Crippen LogP contribution in [0.4, 0.5) is 0 Å². The van der Waals surface area contributed by atoms with Gasteiger partial charge in [-0.2, -0.15) is 16.9 Å². The van der Waals surface area contributed by atoms with Crippen LogP contribution >= 0.6 is 11.8 Å². The van der Waals surface area contributed by atoms with Crippen molar-refractivity contribution in [2.24, 2.45) is 5.10 Å². The van der Waals surface area contributed by atoms with E-state index in [1.165, 1.54) is 5.56 Å². The van der Waals surface area contributed by atoms with Gasteiger partial charge in [0.1, 0.15) is 11.9 Å². The van der Waals surface area contributed by atoms with Crippen molar-refractivity contribution in [1.29, 1.82) is 0 Å². The molecule has 5 heteroatoms. The number of amides is 1. The van der Waals surface area contributed by atoms with Crippen LogP contribution in [0.25, 0.3) is 0 Å². The number of amidine groups is 1. The van der Waals surface area contributed by atoms with E-state index in [1.54, 1.807) is 0 Å². The lowest BCUT2D eigenvalue weighted by molar-refractivity contribution is -0.125. The van der Waals surface area contributed by atoms with Gasteiger partial charge in [-0.05, 0) is 5.56 Å². The molecule has 0 bridgehead atoms. The van der Waals surface area contributed by atoms with Gasteiger partial charge >= 0.3 is 0 Å². The zero-order chi connectivity index (χ0) is 12.4. The van der Waals surface area contributed by atoms with E-state index in [0.717, 1.165) is 30.3 Å². The lowest BCUT2D eigenvalue weighted by Gasteiger charge is -2.38. The topological polar surface area (TPSA) is 44.7 Å². The van der Waals surface area contributed by atoms with Gasteiger partial charge in [0, 0.05) is 24.5 Å². The molecular weight excluding hydrogens is 246 g/mol. The predicted octanol–water partition coefficient (Wildman–Crippen LogP) is 1.09. The Morgan fingerprint density at radius 1 is 1.39 bits per heavy atom. The number of carbonyl (C=O) groups is 1. The summed E-state index contributed by atoms with van der Waals surface area (Å²) in [7, 11) is 0. The van der Waals surface area contributed by atoms with Crippen molar-refractivity contribution < 1.29 is 4.79 Å². The maximum atomic E-state index is 11.8. The summed E-state index contributed by atoms with van der Waals surface area (Å²) in [4.78, 5) is 13.9. The number of thioether (sulfide) groups is 1. The first-order valence-electron chi connectivity index (χ1n) is 6.09. The molecule has 2 heterocycles. The average molecular weight is 261 g/mol. The molecule has 0 radical (unpaired) electrons. The van der Waals surface area contributed by atoms with Crippen LogP contribution in [-0.2, 0) is 11.2 Å². The SMILES string of the molecule is O=C1NN=C(Cc2ccccc2)N2CCSCC12. The zero-order valence-electron chi connectivity index (χ0n) is 10.0. The number of fused-ring (bicyclic) bond motifs is 1. The summed E-state index contributed by atoms with van der Waals surface area (Å²) in [6.45, 7) is 0.911. The first-order chi connectivity index (χ1) is 8.84. The lowest BCUT2D eigenvalue weighted by atomic mass is 10.1. The van der Waals surface area contributed by atoms with Gasteiger partial charge in [-0.15, -0.1) is 0 Å². The summed E-state index contributed by atoms with van der Waals surface area (Å²) in [6.07, 6.45) is 0.780. The Balaban J connectivity index is 1.81. The second kappa shape index (κ2) is 5.02. The summed E-state index contributed by atoms with van der Waals surface area (Å²) in [6, 6.07) is 10.2. The van der Waals surface area contributed by atoms with Crippen LogP contribution in [0.1, 0.15) is 5.56 Å². The summed E-state index contributed by atoms with van der Waals surface area (Å²) in [5.41, 5.74) is 3.87. The molecule has 1 saturated heterocycles. The van der Waals surface area contributed by atoms with Gasteiger partial charge in [-0.1, -0.05) is 30.3 Å². The van der Waals surface area contributed by atoms with Crippen LogP contribution in [-0.4, -0.2) is 40.7 Å². The first-order valence-corrected chi connectivity index (χ1v) is 7.25. The van der Waals surface area contributed by atoms with Crippen LogP contribution < -0.4 is 5.43 Å². The number of hydrazone groups is 1. The average Bonchev–Trinajstić information content (AvgIpc) is 2.44. The molecule has 1 unspecified atom stereocenters. The molecule has 94 valence electrons. The third kappa shape index (κ3) is 2.22. The number of hydrogen-bond donors (Lipinski definition) is 1. The molecule has 18 heavy (non-hydrogen) atoms. The molecule has 2 aliphatic rings. The zero-order valence-corrected chi connectivity index (χ0v) is 10.8. The van der Waals surface area contributed by atoms with Gasteiger partial charge < -0.3 is 4.90 Å². The van der Waals surface area contributed by atoms with E-state index in [9.17, 15) is 4.79 Å². The molecule has 1 amide bonds. The van der Waals surface area contributed by atoms with Crippen LogP contribution in [0, 0.1) is 0 Å². The van der Waals surface area contributed by atoms with E-state index in [0.29, 0.717) is 0 Å². The summed E-state index contributed by atoms with van der Waals surface area (Å²) < 4.78 is 0. The highest BCUT2D eigenvalue weighted by atomic mass is 32.2. The number of carbonyl (C=O) groups excluding carboxylic acids is 1. The van der Waals surface area contributed by atoms with Crippen LogP contribution in [0.5, 0.6) is 0 Å². The number of benzene rings is 1. The lowest BCUT2D eigenvalue weighted by Crippen LogP contribution is -2.57. The van der Waals surface area contributed by atoms with Gasteiger partial charge in [0.05, 0.1) is 0 Å². The fourth-order valence-electron chi connectivity index (χ4n) is 2.31. The third-order valence-corrected chi connectivity index (χ3v) is 4.29. The van der Waals surface area contributed by atoms with E-state index in [1.807, 2.05) is 30.0 Å². The fraction of sp³-hybridized carbons (Fsp3) is 0.385. The Labute approximate surface area is 110 Å². The smallest absolute Gasteiger partial charge is 0.263 e. The number of nitrogens with zero attached hydrogens (tertiary/aromatic N) is 2. The monoisotopic (exact) mass is 261 g/mol. The van der Waals surface area contributed by atoms with Gasteiger partial charge in [0.2, 0.25) is 0 Å². The highest BCUT2D eigenvalue weighted by molar-refractivity contribution is 7.99. The van der Waals surface area contributed by atoms with E-state index in [2.05, 4.69) is 27.6 Å². The number of hydrogen-bond acceptors (Lipinski definition) is 4. The predicted molar refractivity (Wildman–Crippen MR) is 73.5 cm³/mol. The number of rotatable bonds is 2. The van der Waals surface area contributed by atoms with Crippen molar-refractivity contribution in [3.8, 4) is 0 Å². The van der Waals surface area contributed by atoms with Gasteiger partial charge in [0.15, 0.2) is 0 Å². The van der Waals surface area contributed by atoms with E-state index >= 15 is 0 Å². The molecule has 1 aromatic carbocycles. The normalized spacial score (nSPS) is 23.1. The maximum Gasteiger partial charge on any atom is 0.263 e. The minimum atomic E-state index is -0.0417. The van der Waals surface area contributed by atoms with Crippen molar-refractivity contribution in [1.82, 2.24) is 10.3 Å². The highest BCUT2D eigenvalue weighted by Crippen LogP contribution is 2.20. The number of nitrogens with one attached hydrogen (secondary N) is 1.